The van der Waals surface area contributed by atoms with Gasteiger partial charge in [0.05, 0.1) is 26.9 Å². The fraction of sp³-hybridized carbons (Fsp3) is 0.458. The SMILES string of the molecule is CCNC(=NCc1cccc(CN2CCOCC2)c1)N(C)Cc1ccccc1OC.I. The minimum Gasteiger partial charge on any atom is -0.496 e. The molecule has 2 aromatic rings. The van der Waals surface area contributed by atoms with E-state index in [4.69, 9.17) is 14.5 Å². The Bertz CT molecular complexity index is 825. The summed E-state index contributed by atoms with van der Waals surface area (Å²) < 4.78 is 10.9. The topological polar surface area (TPSA) is 49.3 Å². The Kier molecular flexibility index (Phi) is 11.1. The Morgan fingerprint density at radius 3 is 2.61 bits per heavy atom. The molecule has 1 N–H and O–H groups in total. The zero-order valence-corrected chi connectivity index (χ0v) is 21.2. The van der Waals surface area contributed by atoms with Gasteiger partial charge in [0.1, 0.15) is 5.75 Å². The third-order valence-corrected chi connectivity index (χ3v) is 5.21. The number of hydrogen-bond donors (Lipinski definition) is 1. The van der Waals surface area contributed by atoms with E-state index in [1.807, 2.05) is 18.2 Å². The lowest BCUT2D eigenvalue weighted by molar-refractivity contribution is 0.0342. The number of rotatable bonds is 8. The van der Waals surface area contributed by atoms with Gasteiger partial charge in [-0.3, -0.25) is 4.90 Å². The van der Waals surface area contributed by atoms with Gasteiger partial charge < -0.3 is 19.7 Å². The minimum absolute atomic E-state index is 0. The molecule has 0 bridgehead atoms. The maximum atomic E-state index is 5.49. The molecule has 0 saturated carbocycles. The molecule has 0 aromatic heterocycles. The number of guanidine groups is 1. The van der Waals surface area contributed by atoms with Crippen molar-refractivity contribution in [1.29, 1.82) is 0 Å². The van der Waals surface area contributed by atoms with E-state index in [9.17, 15) is 0 Å². The Morgan fingerprint density at radius 1 is 1.13 bits per heavy atom. The van der Waals surface area contributed by atoms with Crippen LogP contribution in [-0.4, -0.2) is 62.8 Å². The van der Waals surface area contributed by atoms with Crippen LogP contribution in [0.25, 0.3) is 0 Å². The van der Waals surface area contributed by atoms with E-state index in [0.717, 1.165) is 63.2 Å². The Labute approximate surface area is 203 Å². The highest BCUT2D eigenvalue weighted by Gasteiger charge is 2.12. The molecule has 7 heteroatoms. The Balaban J connectivity index is 0.00000341. The van der Waals surface area contributed by atoms with Gasteiger partial charge in [0.25, 0.3) is 0 Å². The van der Waals surface area contributed by atoms with Crippen LogP contribution in [0.1, 0.15) is 23.6 Å². The lowest BCUT2D eigenvalue weighted by atomic mass is 10.1. The van der Waals surface area contributed by atoms with Crippen LogP contribution >= 0.6 is 24.0 Å². The van der Waals surface area contributed by atoms with Crippen molar-refractivity contribution in [2.75, 3.05) is 47.0 Å². The molecule has 0 unspecified atom stereocenters. The zero-order chi connectivity index (χ0) is 21.2. The number of nitrogens with zero attached hydrogens (tertiary/aromatic N) is 3. The molecular weight excluding hydrogens is 503 g/mol. The molecule has 1 saturated heterocycles. The molecular formula is C24H35IN4O2. The summed E-state index contributed by atoms with van der Waals surface area (Å²) in [6.45, 7) is 8.92. The van der Waals surface area contributed by atoms with Crippen molar-refractivity contribution in [3.8, 4) is 5.75 Å². The number of nitrogens with one attached hydrogen (secondary N) is 1. The van der Waals surface area contributed by atoms with Gasteiger partial charge in [0, 0.05) is 45.3 Å². The standard InChI is InChI=1S/C24H34N4O2.HI/c1-4-25-24(27(2)19-22-10-5-6-11-23(22)29-3)26-17-20-8-7-9-21(16-20)18-28-12-14-30-15-13-28;/h5-11,16H,4,12-15,17-19H2,1-3H3,(H,25,26);1H. The maximum Gasteiger partial charge on any atom is 0.194 e. The van der Waals surface area contributed by atoms with E-state index in [1.54, 1.807) is 7.11 Å². The summed E-state index contributed by atoms with van der Waals surface area (Å²) in [5.74, 6) is 1.79. The number of morpholine rings is 1. The number of hydrogen-bond acceptors (Lipinski definition) is 4. The predicted molar refractivity (Wildman–Crippen MR) is 137 cm³/mol. The molecule has 0 spiro atoms. The van der Waals surface area contributed by atoms with Crippen molar-refractivity contribution >= 4 is 29.9 Å². The molecule has 1 fully saturated rings. The van der Waals surface area contributed by atoms with E-state index < -0.39 is 0 Å². The number of benzene rings is 2. The first kappa shape index (κ1) is 25.4. The van der Waals surface area contributed by atoms with E-state index in [-0.39, 0.29) is 24.0 Å². The highest BCUT2D eigenvalue weighted by Crippen LogP contribution is 2.19. The predicted octanol–water partition coefficient (Wildman–Crippen LogP) is 3.74. The maximum absolute atomic E-state index is 5.49. The molecule has 0 amide bonds. The second kappa shape index (κ2) is 13.5. The molecule has 1 aliphatic rings. The van der Waals surface area contributed by atoms with E-state index in [1.165, 1.54) is 11.1 Å². The van der Waals surface area contributed by atoms with Crippen molar-refractivity contribution in [2.45, 2.75) is 26.6 Å². The van der Waals surface area contributed by atoms with Gasteiger partial charge >= 0.3 is 0 Å². The second-order valence-corrected chi connectivity index (χ2v) is 7.55. The summed E-state index contributed by atoms with van der Waals surface area (Å²) in [5, 5.41) is 3.40. The number of para-hydroxylation sites is 1. The zero-order valence-electron chi connectivity index (χ0n) is 18.8. The summed E-state index contributed by atoms with van der Waals surface area (Å²) >= 11 is 0. The summed E-state index contributed by atoms with van der Waals surface area (Å²) in [5.41, 5.74) is 3.69. The van der Waals surface area contributed by atoms with Gasteiger partial charge in [0.2, 0.25) is 0 Å². The van der Waals surface area contributed by atoms with Crippen LogP contribution in [0.2, 0.25) is 0 Å². The molecule has 0 atom stereocenters. The van der Waals surface area contributed by atoms with Gasteiger partial charge in [0.15, 0.2) is 5.96 Å². The lowest BCUT2D eigenvalue weighted by Crippen LogP contribution is -2.38. The fourth-order valence-corrected chi connectivity index (χ4v) is 3.64. The Hall–Kier alpha value is -1.84. The van der Waals surface area contributed by atoms with Crippen LogP contribution < -0.4 is 10.1 Å². The smallest absolute Gasteiger partial charge is 0.194 e. The van der Waals surface area contributed by atoms with Crippen LogP contribution in [0.4, 0.5) is 0 Å². The third kappa shape index (κ3) is 7.97. The first-order chi connectivity index (χ1) is 14.7. The molecule has 31 heavy (non-hydrogen) atoms. The normalized spacial score (nSPS) is 14.6. The summed E-state index contributed by atoms with van der Waals surface area (Å²) in [7, 11) is 3.77. The highest BCUT2D eigenvalue weighted by molar-refractivity contribution is 14.0. The molecule has 3 rings (SSSR count). The largest absolute Gasteiger partial charge is 0.496 e. The van der Waals surface area contributed by atoms with Gasteiger partial charge in [-0.05, 0) is 24.1 Å². The summed E-state index contributed by atoms with van der Waals surface area (Å²) in [6, 6.07) is 16.9. The number of aliphatic imine (C=N–C) groups is 1. The average molecular weight is 538 g/mol. The molecule has 2 aromatic carbocycles. The van der Waals surface area contributed by atoms with Crippen LogP contribution in [0.15, 0.2) is 53.5 Å². The summed E-state index contributed by atoms with van der Waals surface area (Å²) in [4.78, 5) is 9.46. The van der Waals surface area contributed by atoms with E-state index in [2.05, 4.69) is 59.4 Å². The highest BCUT2D eigenvalue weighted by atomic mass is 127. The first-order valence-corrected chi connectivity index (χ1v) is 10.7. The van der Waals surface area contributed by atoms with Crippen LogP contribution in [0.5, 0.6) is 5.75 Å². The second-order valence-electron chi connectivity index (χ2n) is 7.55. The van der Waals surface area contributed by atoms with Crippen LogP contribution in [0, 0.1) is 0 Å². The van der Waals surface area contributed by atoms with Crippen molar-refractivity contribution in [2.24, 2.45) is 4.99 Å². The molecule has 6 nitrogen and oxygen atoms in total. The van der Waals surface area contributed by atoms with Gasteiger partial charge in [-0.25, -0.2) is 4.99 Å². The van der Waals surface area contributed by atoms with Crippen molar-refractivity contribution in [1.82, 2.24) is 15.1 Å². The van der Waals surface area contributed by atoms with Crippen molar-refractivity contribution < 1.29 is 9.47 Å². The van der Waals surface area contributed by atoms with Gasteiger partial charge in [-0.15, -0.1) is 24.0 Å². The van der Waals surface area contributed by atoms with Gasteiger partial charge in [-0.2, -0.15) is 0 Å². The summed E-state index contributed by atoms with van der Waals surface area (Å²) in [6.07, 6.45) is 0. The minimum atomic E-state index is 0. The number of methoxy groups -OCH3 is 1. The molecule has 1 heterocycles. The van der Waals surface area contributed by atoms with Gasteiger partial charge in [-0.1, -0.05) is 42.5 Å². The van der Waals surface area contributed by atoms with E-state index in [0.29, 0.717) is 6.54 Å². The molecule has 1 aliphatic heterocycles. The van der Waals surface area contributed by atoms with Crippen molar-refractivity contribution in [3.05, 3.63) is 65.2 Å². The molecule has 0 radical (unpaired) electrons. The Morgan fingerprint density at radius 2 is 1.87 bits per heavy atom. The van der Waals surface area contributed by atoms with E-state index >= 15 is 0 Å². The monoisotopic (exact) mass is 538 g/mol. The van der Waals surface area contributed by atoms with Crippen molar-refractivity contribution in [3.63, 3.8) is 0 Å². The fourth-order valence-electron chi connectivity index (χ4n) is 3.64. The first-order valence-electron chi connectivity index (χ1n) is 10.7. The third-order valence-electron chi connectivity index (χ3n) is 5.21. The number of ether oxygens (including phenoxy) is 2. The molecule has 0 aliphatic carbocycles. The quantitative estimate of drug-likeness (QED) is 0.316. The van der Waals surface area contributed by atoms with Crippen LogP contribution in [0.3, 0.4) is 0 Å². The lowest BCUT2D eigenvalue weighted by Gasteiger charge is -2.26. The van der Waals surface area contributed by atoms with Crippen LogP contribution in [-0.2, 0) is 24.4 Å². The number of halogens is 1. The average Bonchev–Trinajstić information content (AvgIpc) is 2.78. The molecule has 170 valence electrons.